The summed E-state index contributed by atoms with van der Waals surface area (Å²) in [6.07, 6.45) is 3.25. The molecule has 7 rings (SSSR count). The number of likely N-dealkylation sites (N-methyl/N-ethyl adjacent to an activating group) is 2. The van der Waals surface area contributed by atoms with E-state index in [0.29, 0.717) is 45.2 Å². The third kappa shape index (κ3) is 9.23. The topological polar surface area (TPSA) is 175 Å². The van der Waals surface area contributed by atoms with Gasteiger partial charge in [-0.3, -0.25) is 19.2 Å². The average Bonchev–Trinajstić information content (AvgIpc) is 4.03. The van der Waals surface area contributed by atoms with Crippen LogP contribution in [0.25, 0.3) is 33.2 Å². The monoisotopic (exact) mass is 862 g/mol. The lowest BCUT2D eigenvalue weighted by Gasteiger charge is -2.35. The van der Waals surface area contributed by atoms with E-state index >= 15 is 8.78 Å². The lowest BCUT2D eigenvalue weighted by atomic mass is 9.83. The molecule has 0 spiro atoms. The Morgan fingerprint density at radius 1 is 0.806 bits per heavy atom. The molecule has 62 heavy (non-hydrogen) atoms. The Hall–Kier alpha value is -4.93. The van der Waals surface area contributed by atoms with Gasteiger partial charge in [-0.2, -0.15) is 0 Å². The summed E-state index contributed by atoms with van der Waals surface area (Å²) in [4.78, 5) is 64.7. The van der Waals surface area contributed by atoms with E-state index in [2.05, 4.69) is 31.2 Å². The number of aromatic amines is 2. The minimum absolute atomic E-state index is 0.0464. The number of β-amino-alcohol motifs (C(OH)–C–C–N with tert-alkyl or cyclic N) is 1. The molecule has 0 bridgehead atoms. The van der Waals surface area contributed by atoms with Crippen LogP contribution in [0.2, 0.25) is 0 Å². The van der Waals surface area contributed by atoms with Crippen LogP contribution in [0.5, 0.6) is 0 Å². The SMILES string of the molecule is CC[C@H](NC(=O)[C@H](C)NC)C(=O)N1C[C@@H](O)C[C@H]1Cc1c(-c2[nH]c3cc(F)ccc3c2C[C@@H]2C[C@H](F)CN2C(=O)[C@@H](NC(=O)[C@H](C)NC)C2CCCCC2)[nH]c2c(F)cccc12. The van der Waals surface area contributed by atoms with Crippen LogP contribution in [0.15, 0.2) is 36.4 Å². The number of carbonyl (C=O) groups is 4. The van der Waals surface area contributed by atoms with Crippen LogP contribution in [0, 0.1) is 17.6 Å². The van der Waals surface area contributed by atoms with E-state index in [9.17, 15) is 28.7 Å². The first kappa shape index (κ1) is 45.1. The van der Waals surface area contributed by atoms with Gasteiger partial charge in [0.2, 0.25) is 23.6 Å². The summed E-state index contributed by atoms with van der Waals surface area (Å²) in [5.41, 5.74) is 2.96. The second-order valence-corrected chi connectivity index (χ2v) is 17.6. The smallest absolute Gasteiger partial charge is 0.245 e. The lowest BCUT2D eigenvalue weighted by molar-refractivity contribution is -0.139. The molecular weight excluding hydrogens is 802 g/mol. The summed E-state index contributed by atoms with van der Waals surface area (Å²) in [6.45, 7) is 5.12. The molecule has 3 fully saturated rings. The summed E-state index contributed by atoms with van der Waals surface area (Å²) < 4.78 is 46.4. The molecule has 16 heteroatoms. The number of rotatable bonds is 15. The molecule has 3 aliphatic rings. The predicted molar refractivity (Wildman–Crippen MR) is 232 cm³/mol. The van der Waals surface area contributed by atoms with Crippen molar-refractivity contribution in [3.05, 3.63) is 59.2 Å². The van der Waals surface area contributed by atoms with Crippen molar-refractivity contribution in [2.24, 2.45) is 5.92 Å². The Kier molecular flexibility index (Phi) is 14.0. The molecule has 4 amide bonds. The zero-order chi connectivity index (χ0) is 44.4. The van der Waals surface area contributed by atoms with Crippen molar-refractivity contribution in [2.45, 2.75) is 134 Å². The van der Waals surface area contributed by atoms with Gasteiger partial charge in [0.25, 0.3) is 0 Å². The number of aromatic nitrogens is 2. The van der Waals surface area contributed by atoms with Gasteiger partial charge < -0.3 is 46.1 Å². The molecule has 2 aromatic carbocycles. The molecule has 1 aliphatic carbocycles. The summed E-state index contributed by atoms with van der Waals surface area (Å²) in [5, 5.41) is 23.9. The number of nitrogens with zero attached hydrogens (tertiary/aromatic N) is 2. The highest BCUT2D eigenvalue weighted by Crippen LogP contribution is 2.41. The third-order valence-electron chi connectivity index (χ3n) is 13.6. The van der Waals surface area contributed by atoms with E-state index in [0.717, 1.165) is 32.1 Å². The van der Waals surface area contributed by atoms with E-state index in [4.69, 9.17) is 0 Å². The van der Waals surface area contributed by atoms with Gasteiger partial charge in [0.05, 0.1) is 41.6 Å². The molecule has 0 unspecified atom stereocenters. The fourth-order valence-electron chi connectivity index (χ4n) is 9.87. The number of nitrogens with one attached hydrogen (secondary N) is 6. The van der Waals surface area contributed by atoms with Crippen molar-refractivity contribution in [3.63, 3.8) is 0 Å². The van der Waals surface area contributed by atoms with Crippen molar-refractivity contribution in [1.82, 2.24) is 41.0 Å². The van der Waals surface area contributed by atoms with E-state index in [-0.39, 0.29) is 73.8 Å². The molecular formula is C46H61F3N8O5. The first-order chi connectivity index (χ1) is 29.7. The number of para-hydroxylation sites is 1. The number of H-pyrrole nitrogens is 2. The van der Waals surface area contributed by atoms with Crippen molar-refractivity contribution < 1.29 is 37.5 Å². The van der Waals surface area contributed by atoms with Gasteiger partial charge in [0.1, 0.15) is 29.9 Å². The Morgan fingerprint density at radius 2 is 1.44 bits per heavy atom. The minimum atomic E-state index is -1.32. The fraction of sp³-hybridized carbons (Fsp3) is 0.565. The molecule has 2 aliphatic heterocycles. The number of aliphatic hydroxyl groups excluding tert-OH is 1. The van der Waals surface area contributed by atoms with Gasteiger partial charge in [0, 0.05) is 41.3 Å². The molecule has 7 N–H and O–H groups in total. The molecule has 0 radical (unpaired) electrons. The Morgan fingerprint density at radius 3 is 2.11 bits per heavy atom. The average molecular weight is 863 g/mol. The molecule has 4 heterocycles. The number of halogens is 3. The Bertz CT molecular complexity index is 2270. The lowest BCUT2D eigenvalue weighted by Crippen LogP contribution is -2.56. The van der Waals surface area contributed by atoms with E-state index in [1.165, 1.54) is 18.2 Å². The quantitative estimate of drug-likeness (QED) is 0.0903. The zero-order valence-electron chi connectivity index (χ0n) is 36.3. The number of carbonyl (C=O) groups excluding carboxylic acids is 4. The van der Waals surface area contributed by atoms with Crippen LogP contribution in [-0.2, 0) is 32.0 Å². The number of benzene rings is 2. The summed E-state index contributed by atoms with van der Waals surface area (Å²) in [6, 6.07) is 5.16. The van der Waals surface area contributed by atoms with Gasteiger partial charge >= 0.3 is 0 Å². The van der Waals surface area contributed by atoms with Gasteiger partial charge in [-0.15, -0.1) is 0 Å². The largest absolute Gasteiger partial charge is 0.391 e. The van der Waals surface area contributed by atoms with Crippen LogP contribution in [0.3, 0.4) is 0 Å². The van der Waals surface area contributed by atoms with Crippen LogP contribution in [0.1, 0.15) is 83.3 Å². The second-order valence-electron chi connectivity index (χ2n) is 17.6. The number of fused-ring (bicyclic) bond motifs is 2. The van der Waals surface area contributed by atoms with Gasteiger partial charge in [-0.1, -0.05) is 38.3 Å². The molecule has 8 atom stereocenters. The summed E-state index contributed by atoms with van der Waals surface area (Å²) in [5.74, 6) is -2.40. The number of amides is 4. The first-order valence-electron chi connectivity index (χ1n) is 22.2. The minimum Gasteiger partial charge on any atom is -0.391 e. The zero-order valence-corrected chi connectivity index (χ0v) is 36.3. The second kappa shape index (κ2) is 19.2. The number of likely N-dealkylation sites (tertiary alicyclic amines) is 2. The van der Waals surface area contributed by atoms with E-state index in [1.54, 1.807) is 62.9 Å². The molecule has 2 aromatic heterocycles. The maximum atomic E-state index is 15.7. The van der Waals surface area contributed by atoms with Crippen LogP contribution in [-0.4, -0.2) is 124 Å². The number of hydrogen-bond donors (Lipinski definition) is 7. The van der Waals surface area contributed by atoms with Crippen molar-refractivity contribution >= 4 is 45.4 Å². The Labute approximate surface area is 360 Å². The maximum absolute atomic E-state index is 15.7. The van der Waals surface area contributed by atoms with Crippen LogP contribution in [0.4, 0.5) is 13.2 Å². The summed E-state index contributed by atoms with van der Waals surface area (Å²) >= 11 is 0. The first-order valence-corrected chi connectivity index (χ1v) is 22.2. The van der Waals surface area contributed by atoms with E-state index < -0.39 is 60.2 Å². The highest BCUT2D eigenvalue weighted by atomic mass is 19.1. The molecule has 1 saturated carbocycles. The highest BCUT2D eigenvalue weighted by molar-refractivity contribution is 5.97. The van der Waals surface area contributed by atoms with Crippen molar-refractivity contribution in [2.75, 3.05) is 27.2 Å². The van der Waals surface area contributed by atoms with Gasteiger partial charge in [-0.05, 0) is 108 Å². The predicted octanol–water partition coefficient (Wildman–Crippen LogP) is 4.76. The van der Waals surface area contributed by atoms with E-state index in [1.807, 2.05) is 0 Å². The molecule has 13 nitrogen and oxygen atoms in total. The Balaban J connectivity index is 1.27. The highest BCUT2D eigenvalue weighted by Gasteiger charge is 2.43. The van der Waals surface area contributed by atoms with Crippen LogP contribution >= 0.6 is 0 Å². The molecule has 2 saturated heterocycles. The van der Waals surface area contributed by atoms with Crippen LogP contribution < -0.4 is 21.3 Å². The number of hydrogen-bond acceptors (Lipinski definition) is 7. The fourth-order valence-corrected chi connectivity index (χ4v) is 9.87. The van der Waals surface area contributed by atoms with Crippen molar-refractivity contribution in [1.29, 1.82) is 0 Å². The summed E-state index contributed by atoms with van der Waals surface area (Å²) in [7, 11) is 3.33. The number of alkyl halides is 1. The van der Waals surface area contributed by atoms with Gasteiger partial charge in [-0.25, -0.2) is 13.2 Å². The molecule has 336 valence electrons. The molecule has 4 aromatic rings. The third-order valence-corrected chi connectivity index (χ3v) is 13.6. The number of aliphatic hydroxyl groups is 1. The normalized spacial score (nSPS) is 22.9. The van der Waals surface area contributed by atoms with Crippen molar-refractivity contribution in [3.8, 4) is 11.4 Å². The standard InChI is InChI=1S/C46H61F3N8O5/c1-6-37(53-43(59)24(2)50-4)45(61)57-23-31(58)19-30(57)21-35-33-13-10-14-36(49)40(33)54-42(35)41-34(32-16-15-27(47)18-38(32)52-41)20-29-17-28(48)22-56(29)46(62)39(26-11-8-7-9-12-26)55-44(60)25(3)51-5/h10,13-16,18,24-26,28-31,37,39,50-52,54,58H,6-9,11-12,17,19-23H2,1-5H3,(H,53,59)(H,55,60)/t24-,25-,28-,29-,30-,31-,37-,39-/m0/s1. The maximum Gasteiger partial charge on any atom is 0.245 e. The van der Waals surface area contributed by atoms with Gasteiger partial charge in [0.15, 0.2) is 0 Å².